The summed E-state index contributed by atoms with van der Waals surface area (Å²) in [4.78, 5) is 32.8. The zero-order valence-electron chi connectivity index (χ0n) is 17.3. The van der Waals surface area contributed by atoms with E-state index in [1.165, 1.54) is 0 Å². The van der Waals surface area contributed by atoms with Gasteiger partial charge in [0.2, 0.25) is 0 Å². The number of ether oxygens (including phenoxy) is 1. The van der Waals surface area contributed by atoms with Crippen molar-refractivity contribution in [2.45, 2.75) is 13.5 Å². The van der Waals surface area contributed by atoms with Gasteiger partial charge in [0.05, 0.1) is 5.52 Å². The van der Waals surface area contributed by atoms with Crippen LogP contribution in [0.25, 0.3) is 10.9 Å². The van der Waals surface area contributed by atoms with E-state index in [9.17, 15) is 9.59 Å². The molecule has 0 radical (unpaired) electrons. The number of carbonyl (C=O) groups is 2. The maximum absolute atomic E-state index is 12.3. The number of nitrogens with one attached hydrogen (secondary N) is 2. The minimum atomic E-state index is -0.626. The number of aromatic nitrogens is 2. The van der Waals surface area contributed by atoms with Crippen molar-refractivity contribution in [1.29, 1.82) is 0 Å². The number of nitrogen functional groups attached to an aromatic ring is 1. The fourth-order valence-electron chi connectivity index (χ4n) is 3.16. The number of carbonyl (C=O) groups excluding carboxylic acids is 2. The van der Waals surface area contributed by atoms with Crippen molar-refractivity contribution >= 4 is 34.3 Å². The molecule has 8 nitrogen and oxygen atoms in total. The van der Waals surface area contributed by atoms with Crippen LogP contribution in [0.1, 0.15) is 21.7 Å². The van der Waals surface area contributed by atoms with Crippen molar-refractivity contribution in [3.8, 4) is 5.75 Å². The van der Waals surface area contributed by atoms with Gasteiger partial charge in [0.1, 0.15) is 11.4 Å². The van der Waals surface area contributed by atoms with E-state index in [0.717, 1.165) is 22.2 Å². The summed E-state index contributed by atoms with van der Waals surface area (Å²) in [5.74, 6) is 0.110. The molecule has 0 bridgehead atoms. The molecule has 32 heavy (non-hydrogen) atoms. The molecule has 2 aromatic heterocycles. The zero-order chi connectivity index (χ0) is 22.5. The third-order valence-electron chi connectivity index (χ3n) is 4.70. The molecule has 0 fully saturated rings. The van der Waals surface area contributed by atoms with Crippen LogP contribution in [-0.2, 0) is 6.54 Å². The monoisotopic (exact) mass is 427 g/mol. The number of pyridine rings is 2. The van der Waals surface area contributed by atoms with Crippen molar-refractivity contribution in [2.75, 3.05) is 11.1 Å². The second-order valence-corrected chi connectivity index (χ2v) is 7.14. The molecular formula is C24H21N5O3. The summed E-state index contributed by atoms with van der Waals surface area (Å²) in [6, 6.07) is 19.1. The van der Waals surface area contributed by atoms with Crippen LogP contribution in [0, 0.1) is 6.92 Å². The number of benzene rings is 2. The summed E-state index contributed by atoms with van der Waals surface area (Å²) < 4.78 is 5.37. The molecule has 4 N–H and O–H groups in total. The highest BCUT2D eigenvalue weighted by molar-refractivity contribution is 5.93. The maximum atomic E-state index is 12.3. The maximum Gasteiger partial charge on any atom is 0.417 e. The van der Waals surface area contributed by atoms with E-state index in [0.29, 0.717) is 29.4 Å². The lowest BCUT2D eigenvalue weighted by atomic mass is 10.1. The first kappa shape index (κ1) is 20.8. The second-order valence-electron chi connectivity index (χ2n) is 7.14. The Morgan fingerprint density at radius 1 is 1.03 bits per heavy atom. The van der Waals surface area contributed by atoms with Crippen LogP contribution in [0.2, 0.25) is 0 Å². The normalized spacial score (nSPS) is 10.5. The van der Waals surface area contributed by atoms with Crippen LogP contribution >= 0.6 is 0 Å². The van der Waals surface area contributed by atoms with E-state index < -0.39 is 6.09 Å². The zero-order valence-corrected chi connectivity index (χ0v) is 17.3. The fourth-order valence-corrected chi connectivity index (χ4v) is 3.16. The summed E-state index contributed by atoms with van der Waals surface area (Å²) >= 11 is 0. The Balaban J connectivity index is 1.34. The van der Waals surface area contributed by atoms with Crippen LogP contribution in [0.15, 0.2) is 72.9 Å². The highest BCUT2D eigenvalue weighted by atomic mass is 16.6. The molecule has 0 atom stereocenters. The smallest absolute Gasteiger partial charge is 0.410 e. The van der Waals surface area contributed by atoms with Crippen LogP contribution < -0.4 is 21.1 Å². The van der Waals surface area contributed by atoms with E-state index in [-0.39, 0.29) is 5.91 Å². The molecule has 160 valence electrons. The fraction of sp³-hybridized carbons (Fsp3) is 0.0833. The molecule has 0 aliphatic rings. The molecule has 0 saturated carbocycles. The lowest BCUT2D eigenvalue weighted by Crippen LogP contribution is -2.23. The third-order valence-corrected chi connectivity index (χ3v) is 4.70. The SMILES string of the molecule is Cc1cc(N)c2cc(OC(=O)Nc3ccc(CNC(=O)c4ccccn4)cc3)ccc2n1. The van der Waals surface area contributed by atoms with Gasteiger partial charge >= 0.3 is 6.09 Å². The van der Waals surface area contributed by atoms with Crippen LogP contribution in [-0.4, -0.2) is 22.0 Å². The van der Waals surface area contributed by atoms with Crippen molar-refractivity contribution in [3.63, 3.8) is 0 Å². The van der Waals surface area contributed by atoms with Gasteiger partial charge in [-0.2, -0.15) is 0 Å². The summed E-state index contributed by atoms with van der Waals surface area (Å²) in [6.07, 6.45) is 0.943. The van der Waals surface area contributed by atoms with Crippen molar-refractivity contribution in [3.05, 3.63) is 89.9 Å². The Kier molecular flexibility index (Phi) is 5.94. The van der Waals surface area contributed by atoms with Gasteiger partial charge in [0.25, 0.3) is 5.91 Å². The van der Waals surface area contributed by atoms with Crippen LogP contribution in [0.3, 0.4) is 0 Å². The number of aryl methyl sites for hydroxylation is 1. The van der Waals surface area contributed by atoms with E-state index in [1.807, 2.05) is 6.92 Å². The first-order valence-electron chi connectivity index (χ1n) is 9.92. The highest BCUT2D eigenvalue weighted by Crippen LogP contribution is 2.25. The number of rotatable bonds is 5. The first-order valence-corrected chi connectivity index (χ1v) is 9.92. The average molecular weight is 427 g/mol. The highest BCUT2D eigenvalue weighted by Gasteiger charge is 2.09. The Bertz CT molecular complexity index is 1270. The van der Waals surface area contributed by atoms with Crippen LogP contribution in [0.4, 0.5) is 16.2 Å². The van der Waals surface area contributed by atoms with E-state index >= 15 is 0 Å². The quantitative estimate of drug-likeness (QED) is 0.442. The van der Waals surface area contributed by atoms with E-state index in [2.05, 4.69) is 20.6 Å². The molecular weight excluding hydrogens is 406 g/mol. The average Bonchev–Trinajstić information content (AvgIpc) is 2.79. The molecule has 2 amide bonds. The number of nitrogens with two attached hydrogens (primary N) is 1. The lowest BCUT2D eigenvalue weighted by molar-refractivity contribution is 0.0946. The summed E-state index contributed by atoms with van der Waals surface area (Å²) in [6.45, 7) is 2.21. The molecule has 0 aliphatic heterocycles. The number of nitrogens with zero attached hydrogens (tertiary/aromatic N) is 2. The molecule has 0 saturated heterocycles. The number of anilines is 2. The molecule has 0 aliphatic carbocycles. The lowest BCUT2D eigenvalue weighted by Gasteiger charge is -2.10. The number of fused-ring (bicyclic) bond motifs is 1. The van der Waals surface area contributed by atoms with Gasteiger partial charge in [-0.25, -0.2) is 4.79 Å². The largest absolute Gasteiger partial charge is 0.417 e. The van der Waals surface area contributed by atoms with Gasteiger partial charge in [-0.15, -0.1) is 0 Å². The predicted octanol–water partition coefficient (Wildman–Crippen LogP) is 4.06. The Morgan fingerprint density at radius 2 is 1.84 bits per heavy atom. The summed E-state index contributed by atoms with van der Waals surface area (Å²) in [5.41, 5.74) is 9.97. The van der Waals surface area contributed by atoms with Crippen molar-refractivity contribution < 1.29 is 14.3 Å². The van der Waals surface area contributed by atoms with E-state index in [4.69, 9.17) is 10.5 Å². The minimum absolute atomic E-state index is 0.252. The van der Waals surface area contributed by atoms with Gasteiger partial charge in [-0.05, 0) is 61.0 Å². The van der Waals surface area contributed by atoms with Gasteiger partial charge in [0.15, 0.2) is 0 Å². The molecule has 8 heteroatoms. The van der Waals surface area contributed by atoms with Gasteiger partial charge < -0.3 is 15.8 Å². The van der Waals surface area contributed by atoms with Gasteiger partial charge in [-0.3, -0.25) is 20.1 Å². The summed E-state index contributed by atoms with van der Waals surface area (Å²) in [7, 11) is 0. The number of hydrogen-bond acceptors (Lipinski definition) is 6. The Morgan fingerprint density at radius 3 is 2.59 bits per heavy atom. The third kappa shape index (κ3) is 4.99. The van der Waals surface area contributed by atoms with Gasteiger partial charge in [0, 0.05) is 35.2 Å². The van der Waals surface area contributed by atoms with Crippen molar-refractivity contribution in [2.24, 2.45) is 0 Å². The molecule has 4 aromatic rings. The Labute approximate surface area is 184 Å². The topological polar surface area (TPSA) is 119 Å². The predicted molar refractivity (Wildman–Crippen MR) is 122 cm³/mol. The number of hydrogen-bond donors (Lipinski definition) is 3. The van der Waals surface area contributed by atoms with Crippen LogP contribution in [0.5, 0.6) is 5.75 Å². The molecule has 2 heterocycles. The molecule has 2 aromatic carbocycles. The second kappa shape index (κ2) is 9.13. The number of amides is 2. The van der Waals surface area contributed by atoms with Gasteiger partial charge in [-0.1, -0.05) is 18.2 Å². The molecule has 0 unspecified atom stereocenters. The Hall–Kier alpha value is -4.46. The minimum Gasteiger partial charge on any atom is -0.410 e. The van der Waals surface area contributed by atoms with Crippen molar-refractivity contribution in [1.82, 2.24) is 15.3 Å². The summed E-state index contributed by atoms with van der Waals surface area (Å²) in [5, 5.41) is 6.20. The molecule has 0 spiro atoms. The van der Waals surface area contributed by atoms with E-state index in [1.54, 1.807) is 72.9 Å². The molecule has 4 rings (SSSR count). The first-order chi connectivity index (χ1) is 15.5. The standard InChI is InChI=1S/C24H21N5O3/c1-15-12-20(25)19-13-18(9-10-21(19)28-15)32-24(31)29-17-7-5-16(6-8-17)14-27-23(30)22-4-2-3-11-26-22/h2-13H,14H2,1H3,(H2,25,28)(H,27,30)(H,29,31).